The van der Waals surface area contributed by atoms with E-state index in [0.717, 1.165) is 61.6 Å². The fraction of sp³-hybridized carbons (Fsp3) is 0.364. The van der Waals surface area contributed by atoms with Gasteiger partial charge in [-0.25, -0.2) is 0 Å². The van der Waals surface area contributed by atoms with Crippen LogP contribution in [0, 0.1) is 0 Å². The van der Waals surface area contributed by atoms with E-state index in [-0.39, 0.29) is 5.91 Å². The minimum Gasteiger partial charge on any atom is -0.362 e. The van der Waals surface area contributed by atoms with Gasteiger partial charge in [0.1, 0.15) is 0 Å². The van der Waals surface area contributed by atoms with Crippen molar-refractivity contribution in [2.24, 2.45) is 0 Å². The molecule has 0 radical (unpaired) electrons. The molecule has 1 aliphatic rings. The summed E-state index contributed by atoms with van der Waals surface area (Å²) in [6.45, 7) is 2.52. The van der Waals surface area contributed by atoms with Crippen LogP contribution in [0.3, 0.4) is 0 Å². The summed E-state index contributed by atoms with van der Waals surface area (Å²) in [5.41, 5.74) is 2.87. The highest BCUT2D eigenvalue weighted by molar-refractivity contribution is 7.80. The Bertz CT molecular complexity index is 786. The molecular formula is C22H26ClN3OS. The predicted molar refractivity (Wildman–Crippen MR) is 120 cm³/mol. The molecule has 1 amide bonds. The van der Waals surface area contributed by atoms with Gasteiger partial charge in [-0.15, -0.1) is 0 Å². The highest BCUT2D eigenvalue weighted by Crippen LogP contribution is 2.15. The zero-order valence-corrected chi connectivity index (χ0v) is 17.5. The summed E-state index contributed by atoms with van der Waals surface area (Å²) in [6.07, 6.45) is 5.37. The van der Waals surface area contributed by atoms with Crippen molar-refractivity contribution in [3.05, 3.63) is 64.7 Å². The van der Waals surface area contributed by atoms with E-state index >= 15 is 0 Å². The van der Waals surface area contributed by atoms with Crippen molar-refractivity contribution >= 4 is 40.5 Å². The van der Waals surface area contributed by atoms with Crippen molar-refractivity contribution in [1.82, 2.24) is 10.2 Å². The number of piperidine rings is 1. The number of nitrogens with zero attached hydrogens (tertiary/aromatic N) is 1. The summed E-state index contributed by atoms with van der Waals surface area (Å²) in [4.78, 5) is 14.4. The lowest BCUT2D eigenvalue weighted by molar-refractivity contribution is 0.0724. The maximum atomic E-state index is 12.5. The quantitative estimate of drug-likeness (QED) is 0.521. The highest BCUT2D eigenvalue weighted by atomic mass is 35.5. The molecule has 2 N–H and O–H groups in total. The first-order valence-corrected chi connectivity index (χ1v) is 10.6. The number of rotatable bonds is 6. The topological polar surface area (TPSA) is 44.4 Å². The van der Waals surface area contributed by atoms with Crippen LogP contribution in [0.1, 0.15) is 41.6 Å². The number of benzene rings is 2. The highest BCUT2D eigenvalue weighted by Gasteiger charge is 2.17. The minimum atomic E-state index is 0.120. The zero-order valence-electron chi connectivity index (χ0n) is 15.9. The molecule has 0 atom stereocenters. The van der Waals surface area contributed by atoms with E-state index < -0.39 is 0 Å². The minimum absolute atomic E-state index is 0.120. The van der Waals surface area contributed by atoms with Gasteiger partial charge in [0, 0.05) is 35.9 Å². The molecular weight excluding hydrogens is 390 g/mol. The number of hydrogen-bond acceptors (Lipinski definition) is 2. The van der Waals surface area contributed by atoms with E-state index in [9.17, 15) is 4.79 Å². The van der Waals surface area contributed by atoms with Gasteiger partial charge in [-0.1, -0.05) is 23.7 Å². The van der Waals surface area contributed by atoms with Gasteiger partial charge in [0.05, 0.1) is 0 Å². The van der Waals surface area contributed by atoms with Crippen molar-refractivity contribution in [2.75, 3.05) is 25.0 Å². The SMILES string of the molecule is O=C(c1ccc(NC(=S)NCCCc2ccc(Cl)cc2)cc1)N1CCCCC1. The molecule has 1 fully saturated rings. The lowest BCUT2D eigenvalue weighted by Gasteiger charge is -2.26. The number of likely N-dealkylation sites (tertiary alicyclic amines) is 1. The maximum absolute atomic E-state index is 12.5. The Hall–Kier alpha value is -2.11. The van der Waals surface area contributed by atoms with Crippen molar-refractivity contribution in [2.45, 2.75) is 32.1 Å². The Labute approximate surface area is 177 Å². The summed E-state index contributed by atoms with van der Waals surface area (Å²) in [5, 5.41) is 7.74. The van der Waals surface area contributed by atoms with E-state index in [4.69, 9.17) is 23.8 Å². The van der Waals surface area contributed by atoms with Gasteiger partial charge in [0.25, 0.3) is 5.91 Å². The van der Waals surface area contributed by atoms with E-state index in [1.165, 1.54) is 12.0 Å². The molecule has 3 rings (SSSR count). The lowest BCUT2D eigenvalue weighted by Crippen LogP contribution is -2.35. The Morgan fingerprint density at radius 1 is 1.00 bits per heavy atom. The predicted octanol–water partition coefficient (Wildman–Crippen LogP) is 4.89. The molecule has 4 nitrogen and oxygen atoms in total. The van der Waals surface area contributed by atoms with Gasteiger partial charge in [-0.05, 0) is 86.3 Å². The molecule has 0 aliphatic carbocycles. The number of aryl methyl sites for hydroxylation is 1. The number of thiocarbonyl (C=S) groups is 1. The molecule has 148 valence electrons. The fourth-order valence-electron chi connectivity index (χ4n) is 3.30. The molecule has 2 aromatic carbocycles. The van der Waals surface area contributed by atoms with Gasteiger partial charge >= 0.3 is 0 Å². The summed E-state index contributed by atoms with van der Waals surface area (Å²) in [7, 11) is 0. The van der Waals surface area contributed by atoms with Crippen LogP contribution in [0.5, 0.6) is 0 Å². The van der Waals surface area contributed by atoms with Crippen LogP contribution < -0.4 is 10.6 Å². The average molecular weight is 416 g/mol. The van der Waals surface area contributed by atoms with Crippen LogP contribution in [0.4, 0.5) is 5.69 Å². The molecule has 0 bridgehead atoms. The van der Waals surface area contributed by atoms with Crippen molar-refractivity contribution in [1.29, 1.82) is 0 Å². The van der Waals surface area contributed by atoms with Crippen molar-refractivity contribution < 1.29 is 4.79 Å². The number of nitrogens with one attached hydrogen (secondary N) is 2. The number of anilines is 1. The Kier molecular flexibility index (Phi) is 7.69. The molecule has 6 heteroatoms. The summed E-state index contributed by atoms with van der Waals surface area (Å²) >= 11 is 11.3. The summed E-state index contributed by atoms with van der Waals surface area (Å²) in [5.74, 6) is 0.120. The number of amides is 1. The zero-order chi connectivity index (χ0) is 19.8. The molecule has 2 aromatic rings. The van der Waals surface area contributed by atoms with E-state index in [0.29, 0.717) is 5.11 Å². The third-order valence-electron chi connectivity index (χ3n) is 4.87. The Balaban J connectivity index is 1.40. The first-order valence-electron chi connectivity index (χ1n) is 9.80. The molecule has 0 spiro atoms. The molecule has 0 aromatic heterocycles. The number of carbonyl (C=O) groups is 1. The van der Waals surface area contributed by atoms with Gasteiger partial charge in [0.15, 0.2) is 5.11 Å². The Morgan fingerprint density at radius 3 is 2.36 bits per heavy atom. The summed E-state index contributed by atoms with van der Waals surface area (Å²) in [6, 6.07) is 15.5. The fourth-order valence-corrected chi connectivity index (χ4v) is 3.64. The second-order valence-corrected chi connectivity index (χ2v) is 7.89. The van der Waals surface area contributed by atoms with Crippen LogP contribution in [0.2, 0.25) is 5.02 Å². The molecule has 1 aliphatic heterocycles. The van der Waals surface area contributed by atoms with Crippen LogP contribution in [0.15, 0.2) is 48.5 Å². The third kappa shape index (κ3) is 6.21. The monoisotopic (exact) mass is 415 g/mol. The van der Waals surface area contributed by atoms with Crippen LogP contribution >= 0.6 is 23.8 Å². The van der Waals surface area contributed by atoms with Gasteiger partial charge < -0.3 is 15.5 Å². The maximum Gasteiger partial charge on any atom is 0.253 e. The largest absolute Gasteiger partial charge is 0.362 e. The van der Waals surface area contributed by atoms with Gasteiger partial charge in [-0.2, -0.15) is 0 Å². The van der Waals surface area contributed by atoms with Crippen molar-refractivity contribution in [3.63, 3.8) is 0 Å². The standard InChI is InChI=1S/C22H26ClN3OS/c23-19-10-6-17(7-11-19)5-4-14-24-22(28)25-20-12-8-18(9-13-20)21(27)26-15-2-1-3-16-26/h6-13H,1-5,14-16H2,(H2,24,25,28). The van der Waals surface area contributed by atoms with Crippen LogP contribution in [-0.2, 0) is 6.42 Å². The summed E-state index contributed by atoms with van der Waals surface area (Å²) < 4.78 is 0. The van der Waals surface area contributed by atoms with Crippen LogP contribution in [0.25, 0.3) is 0 Å². The molecule has 28 heavy (non-hydrogen) atoms. The molecule has 0 unspecified atom stereocenters. The molecule has 1 heterocycles. The second kappa shape index (κ2) is 10.4. The first kappa shape index (κ1) is 20.6. The van der Waals surface area contributed by atoms with E-state index in [1.807, 2.05) is 53.4 Å². The smallest absolute Gasteiger partial charge is 0.253 e. The second-order valence-electron chi connectivity index (χ2n) is 7.04. The van der Waals surface area contributed by atoms with E-state index in [2.05, 4.69) is 10.6 Å². The third-order valence-corrected chi connectivity index (χ3v) is 5.37. The van der Waals surface area contributed by atoms with Gasteiger partial charge in [-0.3, -0.25) is 4.79 Å². The van der Waals surface area contributed by atoms with Crippen LogP contribution in [-0.4, -0.2) is 35.6 Å². The average Bonchev–Trinajstić information content (AvgIpc) is 2.73. The molecule has 1 saturated heterocycles. The number of halogens is 1. The normalized spacial score (nSPS) is 13.8. The number of carbonyl (C=O) groups excluding carboxylic acids is 1. The van der Waals surface area contributed by atoms with E-state index in [1.54, 1.807) is 0 Å². The Morgan fingerprint density at radius 2 is 1.68 bits per heavy atom. The van der Waals surface area contributed by atoms with Gasteiger partial charge in [0.2, 0.25) is 0 Å². The van der Waals surface area contributed by atoms with Crippen molar-refractivity contribution in [3.8, 4) is 0 Å². The first-order chi connectivity index (χ1) is 13.6. The molecule has 0 saturated carbocycles. The number of hydrogen-bond donors (Lipinski definition) is 2. The lowest BCUT2D eigenvalue weighted by atomic mass is 10.1.